The van der Waals surface area contributed by atoms with Gasteiger partial charge in [0, 0.05) is 25.2 Å². The second-order valence-electron chi connectivity index (χ2n) is 8.95. The van der Waals surface area contributed by atoms with Gasteiger partial charge >= 0.3 is 6.61 Å². The zero-order chi connectivity index (χ0) is 24.3. The lowest BCUT2D eigenvalue weighted by Crippen LogP contribution is -2.24. The van der Waals surface area contributed by atoms with Gasteiger partial charge in [0.25, 0.3) is 5.56 Å². The lowest BCUT2D eigenvalue weighted by Gasteiger charge is -2.12. The molecule has 3 aromatic heterocycles. The summed E-state index contributed by atoms with van der Waals surface area (Å²) in [6.07, 6.45) is 4.14. The molecule has 0 radical (unpaired) electrons. The van der Waals surface area contributed by atoms with Crippen LogP contribution in [-0.4, -0.2) is 36.0 Å². The van der Waals surface area contributed by atoms with Gasteiger partial charge < -0.3 is 4.74 Å². The number of alkyl halides is 2. The molecule has 10 heteroatoms. The molecule has 0 amide bonds. The molecule has 8 nitrogen and oxygen atoms in total. The van der Waals surface area contributed by atoms with Crippen LogP contribution in [0.15, 0.2) is 53.5 Å². The maximum atomic E-state index is 13.9. The Balaban J connectivity index is 1.59. The average Bonchev–Trinajstić information content (AvgIpc) is 3.47. The topological polar surface area (TPSA) is 79.8 Å². The monoisotopic (exact) mass is 476 g/mol. The highest BCUT2D eigenvalue weighted by Crippen LogP contribution is 2.34. The Morgan fingerprint density at radius 2 is 1.86 bits per heavy atom. The minimum Gasteiger partial charge on any atom is -0.435 e. The van der Waals surface area contributed by atoms with Gasteiger partial charge in [-0.1, -0.05) is 12.1 Å². The van der Waals surface area contributed by atoms with E-state index in [1.165, 1.54) is 16.8 Å². The highest BCUT2D eigenvalue weighted by molar-refractivity contribution is 5.92. The Morgan fingerprint density at radius 3 is 2.57 bits per heavy atom. The van der Waals surface area contributed by atoms with Crippen LogP contribution in [0.4, 0.5) is 8.78 Å². The summed E-state index contributed by atoms with van der Waals surface area (Å²) in [6.45, 7) is -0.339. The first-order chi connectivity index (χ1) is 16.9. The van der Waals surface area contributed by atoms with Gasteiger partial charge in [0.15, 0.2) is 0 Å². The number of hydrogen-bond donors (Lipinski definition) is 0. The van der Waals surface area contributed by atoms with E-state index >= 15 is 0 Å². The van der Waals surface area contributed by atoms with Crippen molar-refractivity contribution in [2.45, 2.75) is 32.9 Å². The van der Waals surface area contributed by atoms with Crippen molar-refractivity contribution in [1.29, 1.82) is 0 Å². The van der Waals surface area contributed by atoms with Gasteiger partial charge in [-0.2, -0.15) is 28.8 Å². The van der Waals surface area contributed by atoms with Gasteiger partial charge in [0.1, 0.15) is 16.8 Å². The molecule has 0 N–H and O–H groups in total. The fourth-order valence-electron chi connectivity index (χ4n) is 4.48. The summed E-state index contributed by atoms with van der Waals surface area (Å²) < 4.78 is 34.8. The highest BCUT2D eigenvalue weighted by Gasteiger charge is 2.27. The Labute approximate surface area is 198 Å². The molecule has 35 heavy (non-hydrogen) atoms. The molecule has 6 rings (SSSR count). The van der Waals surface area contributed by atoms with Gasteiger partial charge in [-0.25, -0.2) is 0 Å². The number of rotatable bonds is 6. The van der Waals surface area contributed by atoms with E-state index in [1.54, 1.807) is 16.8 Å². The molecule has 0 saturated heterocycles. The molecule has 0 atom stereocenters. The molecule has 1 saturated carbocycles. The quantitative estimate of drug-likeness (QED) is 0.362. The molecular weight excluding hydrogens is 454 g/mol. The number of ether oxygens (including phenoxy) is 1. The standard InChI is InChI=1S/C25H22F2N6O2/c1-14-22-23(32(28-14)12-15-3-4-15)21(16-5-8-19(9-6-16)35-25(26)27)24(34)33(30-22)18-7-10-20-17(11-18)13-31(2)29-20/h5-11,13,15,25H,3-4,12H2,1-2H3. The number of halogens is 2. The summed E-state index contributed by atoms with van der Waals surface area (Å²) in [5.74, 6) is 0.557. The van der Waals surface area contributed by atoms with Gasteiger partial charge in [0.2, 0.25) is 0 Å². The molecule has 0 bridgehead atoms. The van der Waals surface area contributed by atoms with Gasteiger partial charge in [-0.15, -0.1) is 0 Å². The predicted octanol–water partition coefficient (Wildman–Crippen LogP) is 4.46. The van der Waals surface area contributed by atoms with Crippen molar-refractivity contribution < 1.29 is 13.5 Å². The van der Waals surface area contributed by atoms with Crippen LogP contribution >= 0.6 is 0 Å². The Morgan fingerprint density at radius 1 is 1.09 bits per heavy atom. The third kappa shape index (κ3) is 3.84. The number of benzene rings is 2. The molecular formula is C25H22F2N6O2. The van der Waals surface area contributed by atoms with Gasteiger partial charge in [-0.3, -0.25) is 14.2 Å². The molecule has 2 aromatic carbocycles. The first-order valence-corrected chi connectivity index (χ1v) is 11.4. The van der Waals surface area contributed by atoms with Crippen LogP contribution in [0.3, 0.4) is 0 Å². The fraction of sp³-hybridized carbons (Fsp3) is 0.280. The second-order valence-corrected chi connectivity index (χ2v) is 8.95. The summed E-state index contributed by atoms with van der Waals surface area (Å²) in [5, 5.41) is 14.7. The van der Waals surface area contributed by atoms with E-state index in [0.717, 1.165) is 29.4 Å². The van der Waals surface area contributed by atoms with E-state index in [4.69, 9.17) is 10.2 Å². The van der Waals surface area contributed by atoms with E-state index in [2.05, 4.69) is 9.84 Å². The summed E-state index contributed by atoms with van der Waals surface area (Å²) in [4.78, 5) is 13.9. The molecule has 0 spiro atoms. The first-order valence-electron chi connectivity index (χ1n) is 11.4. The molecule has 3 heterocycles. The maximum absolute atomic E-state index is 13.9. The largest absolute Gasteiger partial charge is 0.435 e. The third-order valence-electron chi connectivity index (χ3n) is 6.28. The lowest BCUT2D eigenvalue weighted by atomic mass is 10.1. The summed E-state index contributed by atoms with van der Waals surface area (Å²) in [7, 11) is 1.84. The Bertz CT molecular complexity index is 1630. The van der Waals surface area contributed by atoms with E-state index in [1.807, 2.05) is 43.0 Å². The Hall–Kier alpha value is -4.08. The van der Waals surface area contributed by atoms with Crippen LogP contribution < -0.4 is 10.3 Å². The van der Waals surface area contributed by atoms with E-state index in [9.17, 15) is 13.6 Å². The normalized spacial score (nSPS) is 13.9. The number of aromatic nitrogens is 6. The number of fused-ring (bicyclic) bond motifs is 2. The minimum absolute atomic E-state index is 0.0269. The van der Waals surface area contributed by atoms with Crippen molar-refractivity contribution in [3.8, 4) is 22.6 Å². The van der Waals surface area contributed by atoms with Crippen molar-refractivity contribution in [2.75, 3.05) is 0 Å². The molecule has 0 aliphatic heterocycles. The van der Waals surface area contributed by atoms with Crippen LogP contribution in [0, 0.1) is 12.8 Å². The first kappa shape index (κ1) is 21.5. The van der Waals surface area contributed by atoms with Crippen molar-refractivity contribution in [3.63, 3.8) is 0 Å². The van der Waals surface area contributed by atoms with Gasteiger partial charge in [0.05, 0.1) is 22.5 Å². The number of hydrogen-bond acceptors (Lipinski definition) is 5. The molecule has 1 aliphatic carbocycles. The van der Waals surface area contributed by atoms with E-state index in [0.29, 0.717) is 40.3 Å². The van der Waals surface area contributed by atoms with Crippen LogP contribution in [0.1, 0.15) is 18.5 Å². The van der Waals surface area contributed by atoms with Crippen molar-refractivity contribution >= 4 is 21.9 Å². The van der Waals surface area contributed by atoms with Crippen molar-refractivity contribution in [1.82, 2.24) is 29.3 Å². The fourth-order valence-corrected chi connectivity index (χ4v) is 4.48. The van der Waals surface area contributed by atoms with E-state index < -0.39 is 6.61 Å². The zero-order valence-corrected chi connectivity index (χ0v) is 19.2. The summed E-state index contributed by atoms with van der Waals surface area (Å²) >= 11 is 0. The third-order valence-corrected chi connectivity index (χ3v) is 6.28. The zero-order valence-electron chi connectivity index (χ0n) is 19.2. The van der Waals surface area contributed by atoms with Crippen LogP contribution in [0.2, 0.25) is 0 Å². The highest BCUT2D eigenvalue weighted by atomic mass is 19.3. The molecule has 178 valence electrons. The van der Waals surface area contributed by atoms with E-state index in [-0.39, 0.29) is 11.3 Å². The SMILES string of the molecule is Cc1nn(CC2CC2)c2c(-c3ccc(OC(F)F)cc3)c(=O)n(-c3ccc4nn(C)cc4c3)nc12. The van der Waals surface area contributed by atoms with Crippen LogP contribution in [0.25, 0.3) is 38.8 Å². The molecule has 5 aromatic rings. The molecule has 1 fully saturated rings. The number of aryl methyl sites for hydroxylation is 2. The maximum Gasteiger partial charge on any atom is 0.387 e. The van der Waals surface area contributed by atoms with Crippen molar-refractivity contribution in [3.05, 3.63) is 64.7 Å². The average molecular weight is 476 g/mol. The lowest BCUT2D eigenvalue weighted by molar-refractivity contribution is -0.0498. The summed E-state index contributed by atoms with van der Waals surface area (Å²) in [5.41, 5.74) is 4.10. The predicted molar refractivity (Wildman–Crippen MR) is 127 cm³/mol. The van der Waals surface area contributed by atoms with Crippen LogP contribution in [-0.2, 0) is 13.6 Å². The number of nitrogens with zero attached hydrogens (tertiary/aromatic N) is 6. The minimum atomic E-state index is -2.92. The van der Waals surface area contributed by atoms with Crippen LogP contribution in [0.5, 0.6) is 5.75 Å². The van der Waals surface area contributed by atoms with Gasteiger partial charge in [-0.05, 0) is 61.6 Å². The van der Waals surface area contributed by atoms with Crippen molar-refractivity contribution in [2.24, 2.45) is 13.0 Å². The molecule has 1 aliphatic rings. The summed E-state index contributed by atoms with van der Waals surface area (Å²) in [6, 6.07) is 11.6. The Kier molecular flexibility index (Phi) is 4.91. The second kappa shape index (κ2) is 8.00. The molecule has 0 unspecified atom stereocenters. The smallest absolute Gasteiger partial charge is 0.387 e.